The molecule has 1 aliphatic rings. The first-order valence-corrected chi connectivity index (χ1v) is 7.20. The molecule has 1 aromatic carbocycles. The van der Waals surface area contributed by atoms with Gasteiger partial charge >= 0.3 is 0 Å². The summed E-state index contributed by atoms with van der Waals surface area (Å²) in [5, 5.41) is 3.08. The highest BCUT2D eigenvalue weighted by Crippen LogP contribution is 2.34. The third-order valence-electron chi connectivity index (χ3n) is 4.19. The largest absolute Gasteiger partial charge is 0.351 e. The number of nitrogens with two attached hydrogens (primary N) is 1. The van der Waals surface area contributed by atoms with Crippen molar-refractivity contribution in [2.75, 3.05) is 6.54 Å². The van der Waals surface area contributed by atoms with E-state index in [2.05, 4.69) is 12.2 Å². The molecule has 3 N–H and O–H groups in total. The fourth-order valence-electron chi connectivity index (χ4n) is 2.77. The van der Waals surface area contributed by atoms with Gasteiger partial charge in [-0.25, -0.2) is 0 Å². The first-order valence-electron chi connectivity index (χ1n) is 7.20. The number of nitrogens with one attached hydrogen (secondary N) is 1. The Morgan fingerprint density at radius 3 is 2.42 bits per heavy atom. The molecule has 0 spiro atoms. The Bertz CT molecular complexity index is 419. The second-order valence-corrected chi connectivity index (χ2v) is 5.96. The van der Waals surface area contributed by atoms with Crippen LogP contribution in [0.5, 0.6) is 0 Å². The minimum Gasteiger partial charge on any atom is -0.351 e. The fraction of sp³-hybridized carbons (Fsp3) is 0.562. The summed E-state index contributed by atoms with van der Waals surface area (Å²) in [4.78, 5) is 12.1. The first-order chi connectivity index (χ1) is 9.13. The van der Waals surface area contributed by atoms with Gasteiger partial charge in [0.05, 0.1) is 0 Å². The van der Waals surface area contributed by atoms with E-state index >= 15 is 0 Å². The molecule has 0 heterocycles. The van der Waals surface area contributed by atoms with Crippen LogP contribution in [0.2, 0.25) is 0 Å². The Kier molecular flexibility index (Phi) is 4.59. The van der Waals surface area contributed by atoms with Gasteiger partial charge in [-0.2, -0.15) is 0 Å². The van der Waals surface area contributed by atoms with E-state index in [4.69, 9.17) is 5.73 Å². The smallest absolute Gasteiger partial charge is 0.251 e. The lowest BCUT2D eigenvalue weighted by molar-refractivity contribution is 0.0919. The Balaban J connectivity index is 1.89. The van der Waals surface area contributed by atoms with Gasteiger partial charge in [0.1, 0.15) is 0 Å². The number of amides is 1. The highest BCUT2D eigenvalue weighted by atomic mass is 16.1. The third kappa shape index (κ3) is 3.80. The second-order valence-electron chi connectivity index (χ2n) is 5.96. The van der Waals surface area contributed by atoms with Crippen LogP contribution in [-0.4, -0.2) is 12.5 Å². The molecule has 1 saturated carbocycles. The molecule has 1 aromatic rings. The Hall–Kier alpha value is -1.35. The zero-order valence-corrected chi connectivity index (χ0v) is 11.7. The Morgan fingerprint density at radius 1 is 1.21 bits per heavy atom. The van der Waals surface area contributed by atoms with Crippen molar-refractivity contribution in [3.63, 3.8) is 0 Å². The normalized spacial score (nSPS) is 18.0. The molecule has 0 bridgehead atoms. The number of carbonyl (C=O) groups is 1. The van der Waals surface area contributed by atoms with Crippen molar-refractivity contribution in [1.82, 2.24) is 5.32 Å². The van der Waals surface area contributed by atoms with E-state index in [9.17, 15) is 4.79 Å². The minimum absolute atomic E-state index is 0.0235. The molecule has 0 saturated heterocycles. The number of carbonyl (C=O) groups excluding carboxylic acids is 1. The lowest BCUT2D eigenvalue weighted by Gasteiger charge is -2.33. The maximum absolute atomic E-state index is 12.1. The molecular weight excluding hydrogens is 236 g/mol. The average molecular weight is 260 g/mol. The molecule has 104 valence electrons. The van der Waals surface area contributed by atoms with E-state index in [0.29, 0.717) is 6.54 Å². The molecule has 2 rings (SSSR count). The van der Waals surface area contributed by atoms with E-state index in [1.165, 1.54) is 32.1 Å². The number of benzene rings is 1. The number of hydrogen-bond acceptors (Lipinski definition) is 2. The van der Waals surface area contributed by atoms with E-state index in [1.54, 1.807) is 0 Å². The van der Waals surface area contributed by atoms with Crippen LogP contribution in [0.3, 0.4) is 0 Å². The van der Waals surface area contributed by atoms with Crippen LogP contribution in [0.15, 0.2) is 24.3 Å². The van der Waals surface area contributed by atoms with Crippen molar-refractivity contribution in [3.8, 4) is 0 Å². The summed E-state index contributed by atoms with van der Waals surface area (Å²) < 4.78 is 0. The molecule has 0 aliphatic heterocycles. The lowest BCUT2D eigenvalue weighted by Crippen LogP contribution is -2.37. The molecule has 0 unspecified atom stereocenters. The number of rotatable bonds is 4. The van der Waals surface area contributed by atoms with E-state index in [0.717, 1.165) is 17.7 Å². The third-order valence-corrected chi connectivity index (χ3v) is 4.19. The summed E-state index contributed by atoms with van der Waals surface area (Å²) in [5.74, 6) is 0.0235. The van der Waals surface area contributed by atoms with Gasteiger partial charge < -0.3 is 11.1 Å². The van der Waals surface area contributed by atoms with Gasteiger partial charge in [0, 0.05) is 18.7 Å². The molecule has 3 heteroatoms. The van der Waals surface area contributed by atoms with Crippen LogP contribution in [0, 0.1) is 5.41 Å². The molecule has 3 nitrogen and oxygen atoms in total. The maximum Gasteiger partial charge on any atom is 0.251 e. The zero-order chi connectivity index (χ0) is 13.7. The standard InChI is InChI=1S/C16H24N2O/c1-16(9-3-2-4-10-16)12-18-15(19)14-7-5-13(11-17)6-8-14/h5-8H,2-4,9-12,17H2,1H3,(H,18,19). The fourth-order valence-corrected chi connectivity index (χ4v) is 2.77. The molecule has 0 radical (unpaired) electrons. The van der Waals surface area contributed by atoms with Gasteiger partial charge in [0.15, 0.2) is 0 Å². The molecule has 0 aromatic heterocycles. The lowest BCUT2D eigenvalue weighted by atomic mass is 9.76. The first kappa shape index (κ1) is 14.1. The van der Waals surface area contributed by atoms with E-state index < -0.39 is 0 Å². The zero-order valence-electron chi connectivity index (χ0n) is 11.7. The SMILES string of the molecule is CC1(CNC(=O)c2ccc(CN)cc2)CCCCC1. The van der Waals surface area contributed by atoms with Crippen LogP contribution >= 0.6 is 0 Å². The van der Waals surface area contributed by atoms with Crippen LogP contribution < -0.4 is 11.1 Å². The maximum atomic E-state index is 12.1. The number of hydrogen-bond donors (Lipinski definition) is 2. The monoisotopic (exact) mass is 260 g/mol. The van der Waals surface area contributed by atoms with E-state index in [-0.39, 0.29) is 11.3 Å². The summed E-state index contributed by atoms with van der Waals surface area (Å²) in [6.45, 7) is 3.58. The summed E-state index contributed by atoms with van der Waals surface area (Å²) in [6.07, 6.45) is 6.36. The van der Waals surface area contributed by atoms with Crippen LogP contribution in [0.1, 0.15) is 54.9 Å². The Labute approximate surface area is 115 Å². The molecule has 1 aliphatic carbocycles. The average Bonchev–Trinajstić information content (AvgIpc) is 2.46. The summed E-state index contributed by atoms with van der Waals surface area (Å²) in [7, 11) is 0. The van der Waals surface area contributed by atoms with E-state index in [1.807, 2.05) is 24.3 Å². The topological polar surface area (TPSA) is 55.1 Å². The molecule has 1 amide bonds. The highest BCUT2D eigenvalue weighted by Gasteiger charge is 2.27. The van der Waals surface area contributed by atoms with Crippen molar-refractivity contribution in [2.24, 2.45) is 11.1 Å². The van der Waals surface area contributed by atoms with Crippen molar-refractivity contribution in [1.29, 1.82) is 0 Å². The summed E-state index contributed by atoms with van der Waals surface area (Å²) >= 11 is 0. The quantitative estimate of drug-likeness (QED) is 0.874. The molecular formula is C16H24N2O. The van der Waals surface area contributed by atoms with Gasteiger partial charge in [-0.1, -0.05) is 38.3 Å². The summed E-state index contributed by atoms with van der Waals surface area (Å²) in [5.41, 5.74) is 7.60. The molecule has 0 atom stereocenters. The van der Waals surface area contributed by atoms with Gasteiger partial charge in [-0.15, -0.1) is 0 Å². The molecule has 19 heavy (non-hydrogen) atoms. The summed E-state index contributed by atoms with van der Waals surface area (Å²) in [6, 6.07) is 7.52. The molecule has 1 fully saturated rings. The van der Waals surface area contributed by atoms with Crippen molar-refractivity contribution in [2.45, 2.75) is 45.6 Å². The highest BCUT2D eigenvalue weighted by molar-refractivity contribution is 5.94. The van der Waals surface area contributed by atoms with Crippen LogP contribution in [0.25, 0.3) is 0 Å². The second kappa shape index (κ2) is 6.20. The van der Waals surface area contributed by atoms with Crippen LogP contribution in [-0.2, 0) is 6.54 Å². The predicted molar refractivity (Wildman–Crippen MR) is 77.9 cm³/mol. The van der Waals surface area contributed by atoms with Crippen molar-refractivity contribution in [3.05, 3.63) is 35.4 Å². The van der Waals surface area contributed by atoms with Gasteiger partial charge in [0.2, 0.25) is 0 Å². The van der Waals surface area contributed by atoms with Crippen molar-refractivity contribution < 1.29 is 4.79 Å². The van der Waals surface area contributed by atoms with Crippen LogP contribution in [0.4, 0.5) is 0 Å². The van der Waals surface area contributed by atoms with Gasteiger partial charge in [-0.05, 0) is 36.0 Å². The van der Waals surface area contributed by atoms with Crippen molar-refractivity contribution >= 4 is 5.91 Å². The minimum atomic E-state index is 0.0235. The predicted octanol–water partition coefficient (Wildman–Crippen LogP) is 2.85. The van der Waals surface area contributed by atoms with Gasteiger partial charge in [-0.3, -0.25) is 4.79 Å². The Morgan fingerprint density at radius 2 is 1.84 bits per heavy atom. The van der Waals surface area contributed by atoms with Gasteiger partial charge in [0.25, 0.3) is 5.91 Å².